The number of aliphatic hydroxyl groups is 1. The smallest absolute Gasteiger partial charge is 0.162 e. The number of amidine groups is 1. The molecule has 6 N–H and O–H groups in total. The fraction of sp³-hybridized carbons (Fsp3) is 0.208. The number of rotatable bonds is 7. The van der Waals surface area contributed by atoms with Gasteiger partial charge in [0.05, 0.1) is 17.5 Å². The van der Waals surface area contributed by atoms with Crippen molar-refractivity contribution < 1.29 is 9.90 Å². The van der Waals surface area contributed by atoms with Crippen molar-refractivity contribution >= 4 is 39.8 Å². The van der Waals surface area contributed by atoms with E-state index in [0.717, 1.165) is 16.3 Å². The minimum atomic E-state index is -0.647. The highest BCUT2D eigenvalue weighted by atomic mass is 35.5. The Kier molecular flexibility index (Phi) is 7.24. The molecule has 2 aromatic carbocycles. The summed E-state index contributed by atoms with van der Waals surface area (Å²) in [6.45, 7) is 0. The van der Waals surface area contributed by atoms with Gasteiger partial charge in [0, 0.05) is 46.0 Å². The van der Waals surface area contributed by atoms with Gasteiger partial charge in [-0.2, -0.15) is 0 Å². The number of halogens is 1. The number of ketones is 1. The predicted octanol–water partition coefficient (Wildman–Crippen LogP) is 3.91. The number of carbonyl (C=O) groups excluding carboxylic acids is 1. The first-order valence-electron chi connectivity index (χ1n) is 9.83. The SMILES string of the molecule is N=C(N)CCC(O)CCC(=O)c1ccc(C#Cc2c(N)ncc3ccc(Cl)cc23)cc1. The quantitative estimate of drug-likeness (QED) is 0.194. The first-order chi connectivity index (χ1) is 14.8. The lowest BCUT2D eigenvalue weighted by molar-refractivity contribution is 0.0935. The van der Waals surface area contributed by atoms with Gasteiger partial charge in [0.1, 0.15) is 5.82 Å². The first kappa shape index (κ1) is 22.3. The van der Waals surface area contributed by atoms with Crippen molar-refractivity contribution in [3.05, 3.63) is 70.4 Å². The number of nitrogen functional groups attached to an aromatic ring is 1. The number of nitrogens with one attached hydrogen (secondary N) is 1. The first-order valence-corrected chi connectivity index (χ1v) is 10.2. The van der Waals surface area contributed by atoms with E-state index in [1.165, 1.54) is 0 Å². The molecule has 3 aromatic rings. The number of Topliss-reactive ketones (excluding diaryl/α,β-unsaturated/α-hetero) is 1. The number of nitrogens with zero attached hydrogens (tertiary/aromatic N) is 1. The third kappa shape index (κ3) is 6.05. The van der Waals surface area contributed by atoms with Gasteiger partial charge >= 0.3 is 0 Å². The van der Waals surface area contributed by atoms with Gasteiger partial charge in [0.2, 0.25) is 0 Å². The lowest BCUT2D eigenvalue weighted by Crippen LogP contribution is -2.15. The molecule has 1 atom stereocenters. The molecule has 0 aliphatic rings. The summed E-state index contributed by atoms with van der Waals surface area (Å²) in [4.78, 5) is 16.5. The summed E-state index contributed by atoms with van der Waals surface area (Å²) in [6.07, 6.45) is 2.31. The summed E-state index contributed by atoms with van der Waals surface area (Å²) in [5, 5.41) is 19.4. The van der Waals surface area contributed by atoms with Gasteiger partial charge in [0.25, 0.3) is 0 Å². The van der Waals surface area contributed by atoms with Crippen molar-refractivity contribution in [1.82, 2.24) is 4.98 Å². The van der Waals surface area contributed by atoms with Crippen LogP contribution in [0.15, 0.2) is 48.7 Å². The van der Waals surface area contributed by atoms with Crippen LogP contribution in [-0.2, 0) is 0 Å². The zero-order valence-corrected chi connectivity index (χ0v) is 17.6. The molecule has 0 spiro atoms. The monoisotopic (exact) mass is 434 g/mol. The molecule has 6 nitrogen and oxygen atoms in total. The molecule has 7 heteroatoms. The van der Waals surface area contributed by atoms with Crippen molar-refractivity contribution in [2.24, 2.45) is 5.73 Å². The molecule has 0 saturated carbocycles. The Morgan fingerprint density at radius 1 is 1.13 bits per heavy atom. The predicted molar refractivity (Wildman–Crippen MR) is 124 cm³/mol. The van der Waals surface area contributed by atoms with Crippen LogP contribution in [0.2, 0.25) is 5.02 Å². The molecule has 31 heavy (non-hydrogen) atoms. The zero-order valence-electron chi connectivity index (χ0n) is 16.9. The van der Waals surface area contributed by atoms with Crippen LogP contribution in [0, 0.1) is 17.3 Å². The van der Waals surface area contributed by atoms with Crippen LogP contribution in [0.4, 0.5) is 5.82 Å². The molecule has 0 radical (unpaired) electrons. The van der Waals surface area contributed by atoms with Gasteiger partial charge in [-0.25, -0.2) is 4.98 Å². The van der Waals surface area contributed by atoms with E-state index in [1.54, 1.807) is 36.5 Å². The second-order valence-electron chi connectivity index (χ2n) is 7.26. The number of aliphatic hydroxyl groups excluding tert-OH is 1. The molecule has 1 aromatic heterocycles. The number of benzene rings is 2. The standard InChI is InChI=1S/C24H23ClN4O2/c25-18-7-6-17-14-29-24(28)20(21(17)13-18)10-3-15-1-4-16(5-2-15)22(31)11-8-19(30)9-12-23(26)27/h1-2,4-7,13-14,19,30H,8-9,11-12H2,(H3,26,27)(H2,28,29). The molecule has 158 valence electrons. The molecule has 1 heterocycles. The number of aromatic nitrogens is 1. The maximum absolute atomic E-state index is 12.3. The molecular formula is C24H23ClN4O2. The maximum Gasteiger partial charge on any atom is 0.162 e. The number of hydrogen-bond donors (Lipinski definition) is 4. The van der Waals surface area contributed by atoms with Gasteiger partial charge < -0.3 is 16.6 Å². The van der Waals surface area contributed by atoms with Crippen LogP contribution in [0.3, 0.4) is 0 Å². The van der Waals surface area contributed by atoms with Crippen molar-refractivity contribution in [2.75, 3.05) is 5.73 Å². The van der Waals surface area contributed by atoms with E-state index in [9.17, 15) is 9.90 Å². The van der Waals surface area contributed by atoms with Gasteiger partial charge in [-0.3, -0.25) is 10.2 Å². The topological polar surface area (TPSA) is 126 Å². The molecule has 0 fully saturated rings. The molecule has 0 saturated heterocycles. The Morgan fingerprint density at radius 2 is 1.84 bits per heavy atom. The summed E-state index contributed by atoms with van der Waals surface area (Å²) in [5.41, 5.74) is 13.2. The number of anilines is 1. The second-order valence-corrected chi connectivity index (χ2v) is 7.69. The van der Waals surface area contributed by atoms with Gasteiger partial charge in [-0.15, -0.1) is 0 Å². The second kappa shape index (κ2) is 10.1. The van der Waals surface area contributed by atoms with Crippen molar-refractivity contribution in [2.45, 2.75) is 31.8 Å². The Balaban J connectivity index is 1.70. The van der Waals surface area contributed by atoms with Crippen LogP contribution < -0.4 is 11.5 Å². The van der Waals surface area contributed by atoms with E-state index in [4.69, 9.17) is 28.5 Å². The lowest BCUT2D eigenvalue weighted by Gasteiger charge is -2.09. The summed E-state index contributed by atoms with van der Waals surface area (Å²) in [7, 11) is 0. The van der Waals surface area contributed by atoms with E-state index < -0.39 is 6.10 Å². The Bertz CT molecular complexity index is 1170. The van der Waals surface area contributed by atoms with Crippen LogP contribution in [0.25, 0.3) is 10.8 Å². The number of nitrogens with two attached hydrogens (primary N) is 2. The van der Waals surface area contributed by atoms with Crippen LogP contribution in [0.1, 0.15) is 47.2 Å². The fourth-order valence-electron chi connectivity index (χ4n) is 3.11. The highest BCUT2D eigenvalue weighted by Gasteiger charge is 2.11. The molecule has 0 aliphatic carbocycles. The Labute approximate surface area is 185 Å². The number of fused-ring (bicyclic) bond motifs is 1. The number of carbonyl (C=O) groups is 1. The summed E-state index contributed by atoms with van der Waals surface area (Å²) >= 11 is 6.11. The van der Waals surface area contributed by atoms with Gasteiger partial charge in [-0.05, 0) is 37.1 Å². The number of hydrogen-bond acceptors (Lipinski definition) is 5. The van der Waals surface area contributed by atoms with E-state index >= 15 is 0 Å². The minimum absolute atomic E-state index is 0.0335. The maximum atomic E-state index is 12.3. The van der Waals surface area contributed by atoms with E-state index in [-0.39, 0.29) is 18.0 Å². The van der Waals surface area contributed by atoms with Crippen LogP contribution >= 0.6 is 11.6 Å². The molecular weight excluding hydrogens is 412 g/mol. The minimum Gasteiger partial charge on any atom is -0.393 e. The highest BCUT2D eigenvalue weighted by molar-refractivity contribution is 6.31. The summed E-state index contributed by atoms with van der Waals surface area (Å²) in [5.74, 6) is 6.44. The van der Waals surface area contributed by atoms with Gasteiger partial charge in [0.15, 0.2) is 5.78 Å². The largest absolute Gasteiger partial charge is 0.393 e. The summed E-state index contributed by atoms with van der Waals surface area (Å²) in [6, 6.07) is 12.4. The Hall–Kier alpha value is -3.40. The van der Waals surface area contributed by atoms with Crippen molar-refractivity contribution in [3.8, 4) is 11.8 Å². The third-order valence-corrected chi connectivity index (χ3v) is 5.11. The summed E-state index contributed by atoms with van der Waals surface area (Å²) < 4.78 is 0. The van der Waals surface area contributed by atoms with Gasteiger partial charge in [-0.1, -0.05) is 41.6 Å². The van der Waals surface area contributed by atoms with E-state index in [2.05, 4.69) is 16.8 Å². The highest BCUT2D eigenvalue weighted by Crippen LogP contribution is 2.25. The fourth-order valence-corrected chi connectivity index (χ4v) is 3.29. The average Bonchev–Trinajstić information content (AvgIpc) is 2.75. The van der Waals surface area contributed by atoms with E-state index in [0.29, 0.717) is 41.2 Å². The van der Waals surface area contributed by atoms with E-state index in [1.807, 2.05) is 12.1 Å². The Morgan fingerprint density at radius 3 is 2.55 bits per heavy atom. The molecule has 0 amide bonds. The van der Waals surface area contributed by atoms with Crippen molar-refractivity contribution in [3.63, 3.8) is 0 Å². The third-order valence-electron chi connectivity index (χ3n) is 4.87. The lowest BCUT2D eigenvalue weighted by atomic mass is 10.0. The van der Waals surface area contributed by atoms with Crippen molar-refractivity contribution in [1.29, 1.82) is 5.41 Å². The zero-order chi connectivity index (χ0) is 22.4. The average molecular weight is 435 g/mol. The van der Waals surface area contributed by atoms with Crippen LogP contribution in [0.5, 0.6) is 0 Å². The molecule has 0 aliphatic heterocycles. The van der Waals surface area contributed by atoms with Crippen LogP contribution in [-0.4, -0.2) is 27.8 Å². The number of pyridine rings is 1. The molecule has 1 unspecified atom stereocenters. The molecule has 0 bridgehead atoms. The normalized spacial score (nSPS) is 11.5. The molecule has 3 rings (SSSR count).